The minimum atomic E-state index is -2.90. The van der Waals surface area contributed by atoms with Crippen molar-refractivity contribution in [3.05, 3.63) is 0 Å². The molecular weight excluding hydrogens is 264 g/mol. The number of amides is 1. The lowest BCUT2D eigenvalue weighted by Gasteiger charge is -2.19. The first-order valence-electron chi connectivity index (χ1n) is 7.02. The third kappa shape index (κ3) is 4.30. The number of hydrazone groups is 1. The lowest BCUT2D eigenvalue weighted by Crippen LogP contribution is -2.26. The van der Waals surface area contributed by atoms with Gasteiger partial charge in [0.05, 0.1) is 11.5 Å². The van der Waals surface area contributed by atoms with Crippen LogP contribution >= 0.6 is 0 Å². The Bertz CT molecular complexity index is 470. The van der Waals surface area contributed by atoms with Crippen molar-refractivity contribution in [3.63, 3.8) is 0 Å². The van der Waals surface area contributed by atoms with Gasteiger partial charge in [0.1, 0.15) is 0 Å². The Morgan fingerprint density at radius 1 is 1.37 bits per heavy atom. The van der Waals surface area contributed by atoms with E-state index in [0.29, 0.717) is 12.3 Å². The van der Waals surface area contributed by atoms with Crippen LogP contribution in [0.1, 0.15) is 45.4 Å². The van der Waals surface area contributed by atoms with Crippen molar-refractivity contribution in [2.45, 2.75) is 45.4 Å². The summed E-state index contributed by atoms with van der Waals surface area (Å²) in [6.07, 6.45) is 5.33. The third-order valence-corrected chi connectivity index (χ3v) is 5.85. The summed E-state index contributed by atoms with van der Waals surface area (Å²) in [7, 11) is -2.90. The summed E-state index contributed by atoms with van der Waals surface area (Å²) < 4.78 is 22.6. The fourth-order valence-corrected chi connectivity index (χ4v) is 4.67. The second kappa shape index (κ2) is 6.03. The van der Waals surface area contributed by atoms with E-state index in [1.165, 1.54) is 6.42 Å². The van der Waals surface area contributed by atoms with E-state index in [1.807, 2.05) is 0 Å². The van der Waals surface area contributed by atoms with Crippen molar-refractivity contribution in [3.8, 4) is 0 Å². The summed E-state index contributed by atoms with van der Waals surface area (Å²) in [5.74, 6) is 0.617. The number of nitrogens with one attached hydrogen (secondary N) is 1. The highest BCUT2D eigenvalue weighted by Gasteiger charge is 2.29. The van der Waals surface area contributed by atoms with Gasteiger partial charge in [-0.25, -0.2) is 13.8 Å². The molecule has 1 N–H and O–H groups in total. The molecule has 2 atom stereocenters. The fourth-order valence-electron chi connectivity index (χ4n) is 2.81. The largest absolute Gasteiger partial charge is 0.273 e. The van der Waals surface area contributed by atoms with E-state index in [1.54, 1.807) is 0 Å². The normalized spacial score (nSPS) is 32.4. The Hall–Kier alpha value is -0.910. The molecule has 0 aromatic heterocycles. The highest BCUT2D eigenvalue weighted by Crippen LogP contribution is 2.22. The summed E-state index contributed by atoms with van der Waals surface area (Å²) in [5.41, 5.74) is 3.66. The molecule has 1 aliphatic heterocycles. The van der Waals surface area contributed by atoms with Crippen molar-refractivity contribution in [2.75, 3.05) is 11.5 Å². The van der Waals surface area contributed by atoms with Gasteiger partial charge in [-0.15, -0.1) is 0 Å². The Morgan fingerprint density at radius 3 is 2.79 bits per heavy atom. The van der Waals surface area contributed by atoms with Crippen LogP contribution in [-0.4, -0.2) is 31.5 Å². The van der Waals surface area contributed by atoms with E-state index in [0.717, 1.165) is 25.0 Å². The maximum atomic E-state index is 11.7. The van der Waals surface area contributed by atoms with Crippen molar-refractivity contribution in [1.82, 2.24) is 5.43 Å². The Labute approximate surface area is 114 Å². The van der Waals surface area contributed by atoms with Gasteiger partial charge in [-0.1, -0.05) is 13.3 Å². The molecule has 6 heteroatoms. The number of carbonyl (C=O) groups excluding carboxylic acids is 1. The molecule has 1 saturated carbocycles. The molecule has 1 aliphatic carbocycles. The highest BCUT2D eigenvalue weighted by atomic mass is 32.2. The predicted molar refractivity (Wildman–Crippen MR) is 74.6 cm³/mol. The first-order valence-corrected chi connectivity index (χ1v) is 8.84. The van der Waals surface area contributed by atoms with Gasteiger partial charge in [0.15, 0.2) is 9.84 Å². The summed E-state index contributed by atoms with van der Waals surface area (Å²) in [5, 5.41) is 4.21. The lowest BCUT2D eigenvalue weighted by molar-refractivity contribution is -0.121. The number of nitrogens with zero attached hydrogens (tertiary/aromatic N) is 1. The predicted octanol–water partition coefficient (Wildman–Crippen LogP) is 1.49. The molecule has 2 fully saturated rings. The molecule has 1 saturated heterocycles. The molecule has 0 spiro atoms. The van der Waals surface area contributed by atoms with Crippen LogP contribution < -0.4 is 5.43 Å². The van der Waals surface area contributed by atoms with Crippen LogP contribution in [0.2, 0.25) is 0 Å². The zero-order valence-corrected chi connectivity index (χ0v) is 12.2. The van der Waals surface area contributed by atoms with Crippen LogP contribution in [0.25, 0.3) is 0 Å². The zero-order chi connectivity index (χ0) is 13.9. The van der Waals surface area contributed by atoms with E-state index < -0.39 is 9.84 Å². The maximum Gasteiger partial charge on any atom is 0.240 e. The van der Waals surface area contributed by atoms with E-state index >= 15 is 0 Å². The minimum absolute atomic E-state index is 0.0334. The summed E-state index contributed by atoms with van der Waals surface area (Å²) in [6, 6.07) is 0. The molecule has 2 rings (SSSR count). The van der Waals surface area contributed by atoms with Crippen molar-refractivity contribution in [2.24, 2.45) is 16.9 Å². The summed E-state index contributed by atoms with van der Waals surface area (Å²) in [6.45, 7) is 2.13. The van der Waals surface area contributed by atoms with Gasteiger partial charge < -0.3 is 0 Å². The molecule has 108 valence electrons. The maximum absolute atomic E-state index is 11.7. The SMILES string of the molecule is C[C@@H]1CCCC/C1=N/NC(=O)C[C@@H]1CCS(=O)(=O)C1. The van der Waals surface area contributed by atoms with Gasteiger partial charge in [-0.2, -0.15) is 5.10 Å². The second-order valence-electron chi connectivity index (χ2n) is 5.76. The molecule has 0 aromatic carbocycles. The number of sulfone groups is 1. The number of hydrogen-bond acceptors (Lipinski definition) is 4. The standard InChI is InChI=1S/C13H22N2O3S/c1-10-4-2-3-5-12(10)14-15-13(16)8-11-6-7-19(17,18)9-11/h10-11H,2-9H2,1H3,(H,15,16)/b14-12-/t10-,11+/m1/s1. The van der Waals surface area contributed by atoms with Gasteiger partial charge in [0, 0.05) is 12.1 Å². The van der Waals surface area contributed by atoms with Crippen LogP contribution in [0.15, 0.2) is 5.10 Å². The van der Waals surface area contributed by atoms with Gasteiger partial charge in [-0.3, -0.25) is 4.79 Å². The first-order chi connectivity index (χ1) is 8.96. The zero-order valence-electron chi connectivity index (χ0n) is 11.4. The first kappa shape index (κ1) is 14.5. The quantitative estimate of drug-likeness (QED) is 0.799. The van der Waals surface area contributed by atoms with Gasteiger partial charge in [0.2, 0.25) is 5.91 Å². The van der Waals surface area contributed by atoms with Crippen molar-refractivity contribution >= 4 is 21.5 Å². The number of hydrogen-bond donors (Lipinski definition) is 1. The molecule has 19 heavy (non-hydrogen) atoms. The molecule has 2 aliphatic rings. The average Bonchev–Trinajstić information content (AvgIpc) is 2.67. The number of rotatable bonds is 3. The molecule has 0 radical (unpaired) electrons. The number of carbonyl (C=O) groups is 1. The Morgan fingerprint density at radius 2 is 2.16 bits per heavy atom. The molecule has 0 bridgehead atoms. The van der Waals surface area contributed by atoms with Crippen LogP contribution in [-0.2, 0) is 14.6 Å². The minimum Gasteiger partial charge on any atom is -0.273 e. The monoisotopic (exact) mass is 286 g/mol. The van der Waals surface area contributed by atoms with E-state index in [-0.39, 0.29) is 29.8 Å². The smallest absolute Gasteiger partial charge is 0.240 e. The molecule has 0 unspecified atom stereocenters. The average molecular weight is 286 g/mol. The van der Waals surface area contributed by atoms with Gasteiger partial charge >= 0.3 is 0 Å². The van der Waals surface area contributed by atoms with E-state index in [2.05, 4.69) is 17.5 Å². The fraction of sp³-hybridized carbons (Fsp3) is 0.846. The van der Waals surface area contributed by atoms with E-state index in [9.17, 15) is 13.2 Å². The van der Waals surface area contributed by atoms with Crippen molar-refractivity contribution < 1.29 is 13.2 Å². The van der Waals surface area contributed by atoms with Crippen LogP contribution in [0.4, 0.5) is 0 Å². The molecular formula is C13H22N2O3S. The topological polar surface area (TPSA) is 75.6 Å². The molecule has 1 amide bonds. The van der Waals surface area contributed by atoms with Gasteiger partial charge in [0.25, 0.3) is 0 Å². The molecule has 5 nitrogen and oxygen atoms in total. The van der Waals surface area contributed by atoms with Crippen LogP contribution in [0.5, 0.6) is 0 Å². The summed E-state index contributed by atoms with van der Waals surface area (Å²) in [4.78, 5) is 11.7. The Balaban J connectivity index is 1.80. The molecule has 1 heterocycles. The van der Waals surface area contributed by atoms with E-state index in [4.69, 9.17) is 0 Å². The van der Waals surface area contributed by atoms with Gasteiger partial charge in [-0.05, 0) is 37.5 Å². The summed E-state index contributed by atoms with van der Waals surface area (Å²) >= 11 is 0. The Kier molecular flexibility index (Phi) is 4.60. The van der Waals surface area contributed by atoms with Crippen LogP contribution in [0.3, 0.4) is 0 Å². The lowest BCUT2D eigenvalue weighted by atomic mass is 9.89. The highest BCUT2D eigenvalue weighted by molar-refractivity contribution is 7.91. The van der Waals surface area contributed by atoms with Crippen molar-refractivity contribution in [1.29, 1.82) is 0 Å². The van der Waals surface area contributed by atoms with Crippen LogP contribution in [0, 0.1) is 11.8 Å². The molecule has 0 aromatic rings. The third-order valence-electron chi connectivity index (χ3n) is 4.01. The second-order valence-corrected chi connectivity index (χ2v) is 7.99.